The van der Waals surface area contributed by atoms with Gasteiger partial charge in [0.25, 0.3) is 0 Å². The molecule has 0 atom stereocenters. The van der Waals surface area contributed by atoms with Crippen LogP contribution in [-0.4, -0.2) is 29.5 Å². The summed E-state index contributed by atoms with van der Waals surface area (Å²) in [5.74, 6) is 0. The summed E-state index contributed by atoms with van der Waals surface area (Å²) >= 11 is 0. The molecule has 1 aromatic carbocycles. The first-order valence-corrected chi connectivity index (χ1v) is 14.3. The van der Waals surface area contributed by atoms with Crippen LogP contribution in [0, 0.1) is 0 Å². The van der Waals surface area contributed by atoms with Crippen LogP contribution in [-0.2, 0) is 6.54 Å². The summed E-state index contributed by atoms with van der Waals surface area (Å²) in [5, 5.41) is 7.03. The zero-order chi connectivity index (χ0) is 20.7. The van der Waals surface area contributed by atoms with Crippen molar-refractivity contribution >= 4 is 10.2 Å². The molecule has 0 spiro atoms. The van der Waals surface area contributed by atoms with Crippen LogP contribution in [0.1, 0.15) is 108 Å². The van der Waals surface area contributed by atoms with Crippen molar-refractivity contribution in [2.75, 3.05) is 19.3 Å². The molecule has 0 aliphatic rings. The minimum absolute atomic E-state index is 1.01. The summed E-state index contributed by atoms with van der Waals surface area (Å²) in [4.78, 5) is 0. The molecule has 0 aliphatic heterocycles. The van der Waals surface area contributed by atoms with E-state index in [1.54, 1.807) is 0 Å². The van der Waals surface area contributed by atoms with Gasteiger partial charge in [-0.15, -0.1) is 0 Å². The highest BCUT2D eigenvalue weighted by Crippen LogP contribution is 2.13. The third-order valence-corrected chi connectivity index (χ3v) is 6.38. The molecule has 168 valence electrons. The van der Waals surface area contributed by atoms with E-state index in [9.17, 15) is 0 Å². The van der Waals surface area contributed by atoms with Crippen LogP contribution >= 0.6 is 0 Å². The number of unbranched alkanes of at least 4 members (excludes halogenated alkanes) is 15. The zero-order valence-corrected chi connectivity index (χ0v) is 21.5. The molecule has 0 saturated heterocycles. The van der Waals surface area contributed by atoms with Crippen molar-refractivity contribution in [1.82, 2.24) is 10.6 Å². The normalized spacial score (nSPS) is 11.3. The fourth-order valence-electron chi connectivity index (χ4n) is 3.98. The molecule has 0 heterocycles. The van der Waals surface area contributed by atoms with E-state index < -0.39 is 0 Å². The third kappa shape index (κ3) is 19.1. The van der Waals surface area contributed by atoms with E-state index in [0.717, 1.165) is 13.1 Å². The second-order valence-corrected chi connectivity index (χ2v) is 9.38. The average Bonchev–Trinajstić information content (AvgIpc) is 2.75. The van der Waals surface area contributed by atoms with Gasteiger partial charge >= 0.3 is 0 Å². The van der Waals surface area contributed by atoms with Crippen molar-refractivity contribution in [3.05, 3.63) is 35.9 Å². The van der Waals surface area contributed by atoms with Gasteiger partial charge in [0, 0.05) is 16.8 Å². The topological polar surface area (TPSA) is 24.1 Å². The first-order valence-electron chi connectivity index (χ1n) is 12.9. The maximum Gasteiger partial charge on any atom is 0.0205 e. The first-order chi connectivity index (χ1) is 14.4. The Morgan fingerprint density at radius 1 is 0.483 bits per heavy atom. The van der Waals surface area contributed by atoms with Crippen LogP contribution in [0.5, 0.6) is 0 Å². The van der Waals surface area contributed by atoms with E-state index in [4.69, 9.17) is 0 Å². The molecule has 2 N–H and O–H groups in total. The molecule has 0 unspecified atom stereocenters. The molecular weight excluding hydrogens is 368 g/mol. The monoisotopic (exact) mass is 418 g/mol. The van der Waals surface area contributed by atoms with Crippen molar-refractivity contribution < 1.29 is 0 Å². The Morgan fingerprint density at radius 3 is 1.28 bits per heavy atom. The van der Waals surface area contributed by atoms with Gasteiger partial charge in [-0.1, -0.05) is 120 Å². The molecule has 0 aromatic heterocycles. The average molecular weight is 419 g/mol. The number of rotatable bonds is 22. The van der Waals surface area contributed by atoms with Gasteiger partial charge in [-0.05, 0) is 37.7 Å². The lowest BCUT2D eigenvalue weighted by Crippen LogP contribution is -2.16. The van der Waals surface area contributed by atoms with Crippen molar-refractivity contribution in [2.24, 2.45) is 0 Å². The van der Waals surface area contributed by atoms with E-state index in [1.165, 1.54) is 131 Å². The number of hydrogen-bond donors (Lipinski definition) is 2. The molecular formula is C26H50N2Si. The number of benzene rings is 1. The molecule has 0 amide bonds. The van der Waals surface area contributed by atoms with Crippen molar-refractivity contribution in [3.63, 3.8) is 0 Å². The molecule has 29 heavy (non-hydrogen) atoms. The molecule has 0 radical (unpaired) electrons. The SMILES string of the molecule is [SiH3]CNCCCCCCCCCCCCCCCCCCNCc1ccccc1. The fraction of sp³-hybridized carbons (Fsp3) is 0.769. The van der Waals surface area contributed by atoms with Gasteiger partial charge in [-0.3, -0.25) is 0 Å². The maximum atomic E-state index is 3.56. The van der Waals surface area contributed by atoms with E-state index in [-0.39, 0.29) is 0 Å². The summed E-state index contributed by atoms with van der Waals surface area (Å²) in [6.07, 6.45) is 24.3. The van der Waals surface area contributed by atoms with Crippen LogP contribution in [0.25, 0.3) is 0 Å². The van der Waals surface area contributed by atoms with Gasteiger partial charge < -0.3 is 10.6 Å². The minimum Gasteiger partial charge on any atom is -0.320 e. The molecule has 1 aromatic rings. The predicted molar refractivity (Wildman–Crippen MR) is 135 cm³/mol. The lowest BCUT2D eigenvalue weighted by Gasteiger charge is -2.05. The molecule has 0 fully saturated rings. The fourth-order valence-corrected chi connectivity index (χ4v) is 4.33. The second-order valence-electron chi connectivity index (χ2n) is 8.67. The van der Waals surface area contributed by atoms with E-state index in [1.807, 2.05) is 0 Å². The predicted octanol–water partition coefficient (Wildman–Crippen LogP) is 5.93. The van der Waals surface area contributed by atoms with Crippen LogP contribution in [0.4, 0.5) is 0 Å². The van der Waals surface area contributed by atoms with E-state index in [0.29, 0.717) is 0 Å². The quantitative estimate of drug-likeness (QED) is 0.180. The Labute approximate surface area is 185 Å². The minimum atomic E-state index is 1.01. The Hall–Kier alpha value is -0.643. The number of nitrogens with one attached hydrogen (secondary N) is 2. The van der Waals surface area contributed by atoms with Gasteiger partial charge in [0.1, 0.15) is 0 Å². The molecule has 3 heteroatoms. The smallest absolute Gasteiger partial charge is 0.0205 e. The van der Waals surface area contributed by atoms with Crippen LogP contribution < -0.4 is 10.6 Å². The van der Waals surface area contributed by atoms with Crippen molar-refractivity contribution in [2.45, 2.75) is 109 Å². The standard InChI is InChI=1S/C26H50N2Si/c29-25-28-23-19-14-12-10-8-6-4-2-1-3-5-7-9-11-13-18-22-27-24-26-20-16-15-17-21-26/h15-17,20-21,27-28H,1-14,18-19,22-25H2,29H3. The second kappa shape index (κ2) is 22.1. The summed E-state index contributed by atoms with van der Waals surface area (Å²) in [6, 6.07) is 10.7. The van der Waals surface area contributed by atoms with Crippen molar-refractivity contribution in [1.29, 1.82) is 0 Å². The van der Waals surface area contributed by atoms with E-state index >= 15 is 0 Å². The van der Waals surface area contributed by atoms with Gasteiger partial charge in [-0.2, -0.15) is 0 Å². The molecule has 1 rings (SSSR count). The van der Waals surface area contributed by atoms with E-state index in [2.05, 4.69) is 41.0 Å². The molecule has 2 nitrogen and oxygen atoms in total. The summed E-state index contributed by atoms with van der Waals surface area (Å²) in [6.45, 7) is 3.42. The highest BCUT2D eigenvalue weighted by molar-refractivity contribution is 6.08. The highest BCUT2D eigenvalue weighted by Gasteiger charge is 1.95. The molecule has 0 bridgehead atoms. The summed E-state index contributed by atoms with van der Waals surface area (Å²) < 4.78 is 0. The Balaban J connectivity index is 1.66. The Kier molecular flexibility index (Phi) is 20.1. The lowest BCUT2D eigenvalue weighted by molar-refractivity contribution is 0.522. The van der Waals surface area contributed by atoms with Crippen molar-refractivity contribution in [3.8, 4) is 0 Å². The van der Waals surface area contributed by atoms with Crippen LogP contribution in [0.15, 0.2) is 30.3 Å². The van der Waals surface area contributed by atoms with Gasteiger partial charge in [-0.25, -0.2) is 0 Å². The van der Waals surface area contributed by atoms with Crippen LogP contribution in [0.3, 0.4) is 0 Å². The largest absolute Gasteiger partial charge is 0.320 e. The Morgan fingerprint density at radius 2 is 0.862 bits per heavy atom. The first kappa shape index (κ1) is 26.4. The third-order valence-electron chi connectivity index (χ3n) is 5.88. The van der Waals surface area contributed by atoms with Gasteiger partial charge in [0.2, 0.25) is 0 Å². The van der Waals surface area contributed by atoms with Crippen LogP contribution in [0.2, 0.25) is 0 Å². The van der Waals surface area contributed by atoms with Gasteiger partial charge in [0.15, 0.2) is 0 Å². The summed E-state index contributed by atoms with van der Waals surface area (Å²) in [5.41, 5.74) is 1.39. The number of hydrogen-bond acceptors (Lipinski definition) is 2. The molecule has 0 saturated carbocycles. The lowest BCUT2D eigenvalue weighted by atomic mass is 10.0. The zero-order valence-electron chi connectivity index (χ0n) is 19.5. The Bertz CT molecular complexity index is 424. The summed E-state index contributed by atoms with van der Waals surface area (Å²) in [7, 11) is 1.29. The molecule has 0 aliphatic carbocycles. The highest BCUT2D eigenvalue weighted by atomic mass is 28.1. The maximum absolute atomic E-state index is 3.56. The van der Waals surface area contributed by atoms with Gasteiger partial charge in [0.05, 0.1) is 0 Å².